The average molecular weight is 275 g/mol. The summed E-state index contributed by atoms with van der Waals surface area (Å²) in [4.78, 5) is 25.1. The summed E-state index contributed by atoms with van der Waals surface area (Å²) in [5.41, 5.74) is -0.486. The van der Waals surface area contributed by atoms with E-state index in [0.29, 0.717) is 0 Å². The minimum Gasteiger partial charge on any atom is -0.462 e. The molecule has 15 heavy (non-hydrogen) atoms. The van der Waals surface area contributed by atoms with Crippen molar-refractivity contribution in [1.29, 1.82) is 0 Å². The summed E-state index contributed by atoms with van der Waals surface area (Å²) >= 11 is 2.97. The summed E-state index contributed by atoms with van der Waals surface area (Å²) in [5, 5.41) is 10.6. The molecule has 0 unspecified atom stereocenters. The minimum absolute atomic E-state index is 0.107. The number of pyridine rings is 1. The molecule has 6 nitrogen and oxygen atoms in total. The molecule has 1 aromatic heterocycles. The van der Waals surface area contributed by atoms with Crippen LogP contribution < -0.4 is 0 Å². The topological polar surface area (TPSA) is 82.3 Å². The van der Waals surface area contributed by atoms with Gasteiger partial charge in [-0.2, -0.15) is 0 Å². The van der Waals surface area contributed by atoms with Crippen LogP contribution in [0.4, 0.5) is 5.69 Å². The first-order valence-electron chi connectivity index (χ1n) is 4.04. The first-order valence-corrected chi connectivity index (χ1v) is 4.83. The fraction of sp³-hybridized carbons (Fsp3) is 0.250. The van der Waals surface area contributed by atoms with Crippen LogP contribution in [-0.4, -0.2) is 22.5 Å². The summed E-state index contributed by atoms with van der Waals surface area (Å²) in [5.74, 6) is -0.760. The SMILES string of the molecule is CCOC(=O)c1c([N+](=O)[O-])ccnc1Br. The van der Waals surface area contributed by atoms with E-state index >= 15 is 0 Å². The lowest BCUT2D eigenvalue weighted by atomic mass is 10.2. The fourth-order valence-corrected chi connectivity index (χ4v) is 1.45. The average Bonchev–Trinajstić information content (AvgIpc) is 2.17. The highest BCUT2D eigenvalue weighted by Gasteiger charge is 2.24. The van der Waals surface area contributed by atoms with E-state index in [9.17, 15) is 14.9 Å². The molecule has 0 saturated heterocycles. The Morgan fingerprint density at radius 3 is 2.93 bits per heavy atom. The molecule has 0 fully saturated rings. The number of hydrogen-bond donors (Lipinski definition) is 0. The molecule has 0 saturated carbocycles. The molecule has 0 aliphatic rings. The molecule has 0 amide bonds. The van der Waals surface area contributed by atoms with Gasteiger partial charge in [0.2, 0.25) is 0 Å². The van der Waals surface area contributed by atoms with E-state index in [1.165, 1.54) is 6.20 Å². The van der Waals surface area contributed by atoms with E-state index in [0.717, 1.165) is 6.07 Å². The second kappa shape index (κ2) is 4.83. The smallest absolute Gasteiger partial charge is 0.347 e. The van der Waals surface area contributed by atoms with Gasteiger partial charge in [0, 0.05) is 12.3 Å². The van der Waals surface area contributed by atoms with Gasteiger partial charge < -0.3 is 4.74 Å². The molecule has 80 valence electrons. The van der Waals surface area contributed by atoms with Crippen molar-refractivity contribution in [3.05, 3.63) is 32.5 Å². The Balaban J connectivity index is 3.24. The zero-order valence-electron chi connectivity index (χ0n) is 7.77. The number of esters is 1. The van der Waals surface area contributed by atoms with Crippen molar-refractivity contribution in [2.24, 2.45) is 0 Å². The number of ether oxygens (including phenoxy) is 1. The molecule has 0 N–H and O–H groups in total. The number of nitro groups is 1. The molecule has 1 aromatic rings. The highest BCUT2D eigenvalue weighted by Crippen LogP contribution is 2.25. The second-order valence-corrected chi connectivity index (χ2v) is 3.22. The summed E-state index contributed by atoms with van der Waals surface area (Å²) in [6, 6.07) is 1.15. The minimum atomic E-state index is -0.760. The Kier molecular flexibility index (Phi) is 3.73. The van der Waals surface area contributed by atoms with Gasteiger partial charge in [-0.15, -0.1) is 0 Å². The maximum absolute atomic E-state index is 11.4. The molecular formula is C8H7BrN2O4. The zero-order valence-corrected chi connectivity index (χ0v) is 9.35. The van der Waals surface area contributed by atoms with E-state index in [2.05, 4.69) is 25.7 Å². The molecule has 0 aromatic carbocycles. The first-order chi connectivity index (χ1) is 7.07. The van der Waals surface area contributed by atoms with Crippen LogP contribution >= 0.6 is 15.9 Å². The Hall–Kier alpha value is -1.50. The molecule has 7 heteroatoms. The third kappa shape index (κ3) is 2.50. The molecule has 0 bridgehead atoms. The first kappa shape index (κ1) is 11.6. The fourth-order valence-electron chi connectivity index (χ4n) is 0.971. The van der Waals surface area contributed by atoms with E-state index in [1.54, 1.807) is 6.92 Å². The molecule has 0 aliphatic heterocycles. The van der Waals surface area contributed by atoms with Gasteiger partial charge in [-0.25, -0.2) is 9.78 Å². The van der Waals surface area contributed by atoms with Crippen LogP contribution in [-0.2, 0) is 4.74 Å². The van der Waals surface area contributed by atoms with Gasteiger partial charge in [0.1, 0.15) is 4.60 Å². The lowest BCUT2D eigenvalue weighted by molar-refractivity contribution is -0.385. The standard InChI is InChI=1S/C8H7BrN2O4/c1-2-15-8(12)6-5(11(13)14)3-4-10-7(6)9/h3-4H,2H2,1H3. The van der Waals surface area contributed by atoms with Gasteiger partial charge in [0.15, 0.2) is 5.56 Å². The van der Waals surface area contributed by atoms with Crippen molar-refractivity contribution in [3.8, 4) is 0 Å². The lowest BCUT2D eigenvalue weighted by Gasteiger charge is -2.03. The number of carbonyl (C=O) groups excluding carboxylic acids is 1. The van der Waals surface area contributed by atoms with Crippen molar-refractivity contribution < 1.29 is 14.5 Å². The predicted octanol–water partition coefficient (Wildman–Crippen LogP) is 1.93. The Morgan fingerprint density at radius 2 is 2.40 bits per heavy atom. The van der Waals surface area contributed by atoms with E-state index in [4.69, 9.17) is 0 Å². The van der Waals surface area contributed by atoms with Gasteiger partial charge in [0.05, 0.1) is 11.5 Å². The van der Waals surface area contributed by atoms with Crippen molar-refractivity contribution in [3.63, 3.8) is 0 Å². The van der Waals surface area contributed by atoms with Crippen LogP contribution in [0.25, 0.3) is 0 Å². The predicted molar refractivity (Wildman–Crippen MR) is 54.5 cm³/mol. The lowest BCUT2D eigenvalue weighted by Crippen LogP contribution is -2.09. The normalized spacial score (nSPS) is 9.73. The van der Waals surface area contributed by atoms with Gasteiger partial charge in [-0.05, 0) is 22.9 Å². The number of halogens is 1. The monoisotopic (exact) mass is 274 g/mol. The van der Waals surface area contributed by atoms with Crippen molar-refractivity contribution in [2.45, 2.75) is 6.92 Å². The third-order valence-electron chi connectivity index (χ3n) is 1.56. The number of rotatable bonds is 3. The summed E-state index contributed by atoms with van der Waals surface area (Å²) < 4.78 is 4.79. The zero-order chi connectivity index (χ0) is 11.4. The van der Waals surface area contributed by atoms with Crippen molar-refractivity contribution >= 4 is 27.6 Å². The van der Waals surface area contributed by atoms with Gasteiger partial charge in [-0.1, -0.05) is 0 Å². The van der Waals surface area contributed by atoms with Crippen LogP contribution in [0.15, 0.2) is 16.9 Å². The third-order valence-corrected chi connectivity index (χ3v) is 2.16. The van der Waals surface area contributed by atoms with Crippen LogP contribution in [0.2, 0.25) is 0 Å². The highest BCUT2D eigenvalue weighted by molar-refractivity contribution is 9.10. The maximum Gasteiger partial charge on any atom is 0.347 e. The van der Waals surface area contributed by atoms with E-state index < -0.39 is 10.9 Å². The molecule has 1 heterocycles. The Bertz CT molecular complexity index is 408. The van der Waals surface area contributed by atoms with E-state index in [1.807, 2.05) is 0 Å². The summed E-state index contributed by atoms with van der Waals surface area (Å²) in [6.45, 7) is 1.77. The largest absolute Gasteiger partial charge is 0.462 e. The second-order valence-electron chi connectivity index (χ2n) is 2.47. The molecule has 0 radical (unpaired) electrons. The number of carbonyl (C=O) groups is 1. The van der Waals surface area contributed by atoms with Crippen LogP contribution in [0.5, 0.6) is 0 Å². The number of aromatic nitrogens is 1. The quantitative estimate of drug-likeness (QED) is 0.364. The summed E-state index contributed by atoms with van der Waals surface area (Å²) in [6.07, 6.45) is 1.24. The van der Waals surface area contributed by atoms with Gasteiger partial charge in [0.25, 0.3) is 5.69 Å². The van der Waals surface area contributed by atoms with Crippen molar-refractivity contribution in [2.75, 3.05) is 6.61 Å². The van der Waals surface area contributed by atoms with Gasteiger partial charge >= 0.3 is 5.97 Å². The molecule has 0 atom stereocenters. The Morgan fingerprint density at radius 1 is 1.73 bits per heavy atom. The van der Waals surface area contributed by atoms with Crippen molar-refractivity contribution in [1.82, 2.24) is 4.98 Å². The highest BCUT2D eigenvalue weighted by atomic mass is 79.9. The summed E-state index contributed by atoms with van der Waals surface area (Å²) in [7, 11) is 0. The van der Waals surface area contributed by atoms with Gasteiger partial charge in [-0.3, -0.25) is 10.1 Å². The molecule has 0 spiro atoms. The van der Waals surface area contributed by atoms with Crippen LogP contribution in [0.1, 0.15) is 17.3 Å². The molecule has 0 aliphatic carbocycles. The molecule has 1 rings (SSSR count). The van der Waals surface area contributed by atoms with E-state index in [-0.39, 0.29) is 22.5 Å². The number of nitrogens with zero attached hydrogens (tertiary/aromatic N) is 2. The molecular weight excluding hydrogens is 268 g/mol. The number of hydrogen-bond acceptors (Lipinski definition) is 5. The van der Waals surface area contributed by atoms with Crippen LogP contribution in [0, 0.1) is 10.1 Å². The Labute approximate surface area is 93.5 Å². The maximum atomic E-state index is 11.4. The van der Waals surface area contributed by atoms with Crippen LogP contribution in [0.3, 0.4) is 0 Å².